The van der Waals surface area contributed by atoms with Gasteiger partial charge in [-0.2, -0.15) is 0 Å². The quantitative estimate of drug-likeness (QED) is 0.919. The average Bonchev–Trinajstić information content (AvgIpc) is 2.73. The van der Waals surface area contributed by atoms with Crippen molar-refractivity contribution < 1.29 is 13.2 Å². The van der Waals surface area contributed by atoms with Crippen LogP contribution >= 0.6 is 0 Å². The van der Waals surface area contributed by atoms with Crippen molar-refractivity contribution in [3.05, 3.63) is 29.8 Å². The van der Waals surface area contributed by atoms with Crippen molar-refractivity contribution in [2.24, 2.45) is 0 Å². The Kier molecular flexibility index (Phi) is 3.73. The molecule has 2 aliphatic rings. The first-order valence-electron chi connectivity index (χ1n) is 7.17. The number of nitrogens with one attached hydrogen (secondary N) is 1. The van der Waals surface area contributed by atoms with Crippen molar-refractivity contribution in [1.82, 2.24) is 5.32 Å². The summed E-state index contributed by atoms with van der Waals surface area (Å²) in [5.41, 5.74) is 1.27. The zero-order chi connectivity index (χ0) is 14.2. The van der Waals surface area contributed by atoms with Crippen LogP contribution in [0.2, 0.25) is 0 Å². The minimum absolute atomic E-state index is 0.156. The molecule has 1 aromatic carbocycles. The van der Waals surface area contributed by atoms with E-state index < -0.39 is 9.84 Å². The van der Waals surface area contributed by atoms with Crippen molar-refractivity contribution in [2.45, 2.75) is 37.3 Å². The van der Waals surface area contributed by atoms with Gasteiger partial charge in [0.1, 0.15) is 5.75 Å². The molecule has 1 aliphatic carbocycles. The number of rotatable bonds is 4. The van der Waals surface area contributed by atoms with Gasteiger partial charge in [0.15, 0.2) is 9.84 Å². The first kappa shape index (κ1) is 13.9. The SMILES string of the molecule is COc1ccccc1C1CC(NC2CCS(=O)(=O)C2)C1. The van der Waals surface area contributed by atoms with Gasteiger partial charge in [0.25, 0.3) is 0 Å². The van der Waals surface area contributed by atoms with Crippen LogP contribution in [-0.2, 0) is 9.84 Å². The number of hydrogen-bond acceptors (Lipinski definition) is 4. The number of benzene rings is 1. The molecule has 1 atom stereocenters. The van der Waals surface area contributed by atoms with Gasteiger partial charge in [0.2, 0.25) is 0 Å². The van der Waals surface area contributed by atoms with Crippen LogP contribution in [0.25, 0.3) is 0 Å². The van der Waals surface area contributed by atoms with Crippen LogP contribution in [-0.4, -0.2) is 39.1 Å². The van der Waals surface area contributed by atoms with Crippen LogP contribution in [0.3, 0.4) is 0 Å². The van der Waals surface area contributed by atoms with E-state index in [9.17, 15) is 8.42 Å². The highest BCUT2D eigenvalue weighted by atomic mass is 32.2. The second kappa shape index (κ2) is 5.37. The number of ether oxygens (including phenoxy) is 1. The number of sulfone groups is 1. The molecule has 0 spiro atoms. The van der Waals surface area contributed by atoms with Crippen LogP contribution in [0.4, 0.5) is 0 Å². The van der Waals surface area contributed by atoms with Gasteiger partial charge in [-0.05, 0) is 36.8 Å². The smallest absolute Gasteiger partial charge is 0.151 e. The van der Waals surface area contributed by atoms with Crippen molar-refractivity contribution in [3.8, 4) is 5.75 Å². The molecule has 1 aliphatic heterocycles. The molecule has 1 N–H and O–H groups in total. The third kappa shape index (κ3) is 2.83. The van der Waals surface area contributed by atoms with Crippen molar-refractivity contribution in [3.63, 3.8) is 0 Å². The van der Waals surface area contributed by atoms with Gasteiger partial charge in [-0.1, -0.05) is 18.2 Å². The highest BCUT2D eigenvalue weighted by molar-refractivity contribution is 7.91. The summed E-state index contributed by atoms with van der Waals surface area (Å²) in [5, 5.41) is 3.49. The maximum atomic E-state index is 11.4. The van der Waals surface area contributed by atoms with E-state index in [1.54, 1.807) is 7.11 Å². The summed E-state index contributed by atoms with van der Waals surface area (Å²) in [4.78, 5) is 0. The minimum atomic E-state index is -2.78. The lowest BCUT2D eigenvalue weighted by Crippen LogP contribution is -2.46. The number of methoxy groups -OCH3 is 1. The fourth-order valence-corrected chi connectivity index (χ4v) is 4.96. The minimum Gasteiger partial charge on any atom is -0.496 e. The topological polar surface area (TPSA) is 55.4 Å². The standard InChI is InChI=1S/C15H21NO3S/c1-19-15-5-3-2-4-14(15)11-8-13(9-11)16-12-6-7-20(17,18)10-12/h2-5,11-13,16H,6-10H2,1H3. The number of para-hydroxylation sites is 1. The van der Waals surface area contributed by atoms with Crippen molar-refractivity contribution in [1.29, 1.82) is 0 Å². The van der Waals surface area contributed by atoms with E-state index in [1.165, 1.54) is 5.56 Å². The lowest BCUT2D eigenvalue weighted by atomic mass is 9.75. The van der Waals surface area contributed by atoms with Gasteiger partial charge in [-0.15, -0.1) is 0 Å². The molecule has 1 saturated heterocycles. The largest absolute Gasteiger partial charge is 0.496 e. The Morgan fingerprint density at radius 2 is 1.95 bits per heavy atom. The molecule has 3 rings (SSSR count). The fourth-order valence-electron chi connectivity index (χ4n) is 3.27. The highest BCUT2D eigenvalue weighted by Gasteiger charge is 2.36. The van der Waals surface area contributed by atoms with Gasteiger partial charge in [0.05, 0.1) is 18.6 Å². The Balaban J connectivity index is 1.54. The predicted octanol–water partition coefficient (Wildman–Crippen LogP) is 1.72. The van der Waals surface area contributed by atoms with Gasteiger partial charge < -0.3 is 10.1 Å². The normalized spacial score (nSPS) is 31.8. The van der Waals surface area contributed by atoms with E-state index in [1.807, 2.05) is 18.2 Å². The van der Waals surface area contributed by atoms with E-state index >= 15 is 0 Å². The third-order valence-corrected chi connectivity index (χ3v) is 6.19. The highest BCUT2D eigenvalue weighted by Crippen LogP contribution is 2.41. The summed E-state index contributed by atoms with van der Waals surface area (Å²) in [7, 11) is -1.08. The maximum absolute atomic E-state index is 11.4. The van der Waals surface area contributed by atoms with E-state index in [2.05, 4.69) is 11.4 Å². The van der Waals surface area contributed by atoms with Gasteiger partial charge >= 0.3 is 0 Å². The summed E-state index contributed by atoms with van der Waals surface area (Å²) in [6.07, 6.45) is 2.89. The Bertz CT molecular complexity index is 579. The van der Waals surface area contributed by atoms with E-state index in [0.29, 0.717) is 23.5 Å². The molecule has 1 saturated carbocycles. The molecule has 2 fully saturated rings. The maximum Gasteiger partial charge on any atom is 0.151 e. The van der Waals surface area contributed by atoms with Gasteiger partial charge in [0, 0.05) is 12.1 Å². The molecule has 110 valence electrons. The summed E-state index contributed by atoms with van der Waals surface area (Å²) in [6, 6.07) is 8.76. The van der Waals surface area contributed by atoms with Crippen LogP contribution in [0.15, 0.2) is 24.3 Å². The molecule has 1 unspecified atom stereocenters. The van der Waals surface area contributed by atoms with Crippen molar-refractivity contribution in [2.75, 3.05) is 18.6 Å². The van der Waals surface area contributed by atoms with Gasteiger partial charge in [-0.25, -0.2) is 8.42 Å². The first-order valence-corrected chi connectivity index (χ1v) is 8.99. The Morgan fingerprint density at radius 1 is 1.20 bits per heavy atom. The van der Waals surface area contributed by atoms with Gasteiger partial charge in [-0.3, -0.25) is 0 Å². The second-order valence-electron chi connectivity index (χ2n) is 5.87. The Morgan fingerprint density at radius 3 is 2.60 bits per heavy atom. The summed E-state index contributed by atoms with van der Waals surface area (Å²) in [6.45, 7) is 0. The zero-order valence-corrected chi connectivity index (χ0v) is 12.5. The predicted molar refractivity (Wildman–Crippen MR) is 79.0 cm³/mol. The van der Waals surface area contributed by atoms with E-state index in [-0.39, 0.29) is 6.04 Å². The Hall–Kier alpha value is -1.07. The van der Waals surface area contributed by atoms with Crippen molar-refractivity contribution >= 4 is 9.84 Å². The average molecular weight is 295 g/mol. The summed E-state index contributed by atoms with van der Waals surface area (Å²) in [5.74, 6) is 2.14. The molecule has 5 heteroatoms. The molecular formula is C15H21NO3S. The summed E-state index contributed by atoms with van der Waals surface area (Å²) >= 11 is 0. The number of hydrogen-bond donors (Lipinski definition) is 1. The first-order chi connectivity index (χ1) is 9.57. The summed E-state index contributed by atoms with van der Waals surface area (Å²) < 4.78 is 28.3. The lowest BCUT2D eigenvalue weighted by Gasteiger charge is -2.38. The molecular weight excluding hydrogens is 274 g/mol. The molecule has 1 heterocycles. The Labute approximate surface area is 120 Å². The van der Waals surface area contributed by atoms with Crippen LogP contribution in [0.1, 0.15) is 30.7 Å². The molecule has 0 radical (unpaired) electrons. The van der Waals surface area contributed by atoms with Crippen LogP contribution in [0, 0.1) is 0 Å². The van der Waals surface area contributed by atoms with E-state index in [0.717, 1.165) is 25.0 Å². The molecule has 1 aromatic rings. The fraction of sp³-hybridized carbons (Fsp3) is 0.600. The zero-order valence-electron chi connectivity index (χ0n) is 11.7. The third-order valence-electron chi connectivity index (χ3n) is 4.42. The monoisotopic (exact) mass is 295 g/mol. The second-order valence-corrected chi connectivity index (χ2v) is 8.10. The molecule has 0 bridgehead atoms. The molecule has 0 amide bonds. The molecule has 0 aromatic heterocycles. The van der Waals surface area contributed by atoms with Crippen LogP contribution < -0.4 is 10.1 Å². The van der Waals surface area contributed by atoms with Crippen LogP contribution in [0.5, 0.6) is 5.75 Å². The lowest BCUT2D eigenvalue weighted by molar-refractivity contribution is 0.265. The molecule has 4 nitrogen and oxygen atoms in total. The van der Waals surface area contributed by atoms with E-state index in [4.69, 9.17) is 4.74 Å². The molecule has 20 heavy (non-hydrogen) atoms.